The monoisotopic (exact) mass is 300 g/mol. The number of benzene rings is 1. The number of hydrazone groups is 1. The second-order valence-corrected chi connectivity index (χ2v) is 4.78. The number of hydrogen-bond donors (Lipinski definition) is 1. The lowest BCUT2D eigenvalue weighted by Gasteiger charge is -2.05. The summed E-state index contributed by atoms with van der Waals surface area (Å²) in [5.74, 6) is 0.578. The summed E-state index contributed by atoms with van der Waals surface area (Å²) in [6.45, 7) is 4.08. The molecular weight excluding hydrogens is 283 g/mol. The zero-order valence-electron chi connectivity index (χ0n) is 12.5. The molecule has 2 rings (SSSR count). The Morgan fingerprint density at radius 3 is 2.86 bits per heavy atom. The standard InChI is InChI=1S/C16H17FN4O/c1-3-12(4-2)15-20-14(9-18)16(22-15)21-19-10-11-6-5-7-13(17)8-11/h5-8,10,12,21H,3-4H2,1-2H3. The van der Waals surface area contributed by atoms with E-state index in [0.29, 0.717) is 11.5 Å². The molecule has 6 heteroatoms. The van der Waals surface area contributed by atoms with E-state index in [1.807, 2.05) is 19.9 Å². The molecule has 0 amide bonds. The van der Waals surface area contributed by atoms with Gasteiger partial charge in [0.1, 0.15) is 11.9 Å². The Morgan fingerprint density at radius 2 is 2.23 bits per heavy atom. The van der Waals surface area contributed by atoms with Gasteiger partial charge in [-0.1, -0.05) is 26.0 Å². The van der Waals surface area contributed by atoms with E-state index < -0.39 is 0 Å². The van der Waals surface area contributed by atoms with Crippen LogP contribution in [0.4, 0.5) is 10.3 Å². The van der Waals surface area contributed by atoms with Crippen LogP contribution in [0.25, 0.3) is 0 Å². The zero-order chi connectivity index (χ0) is 15.9. The molecule has 114 valence electrons. The second kappa shape index (κ2) is 7.36. The van der Waals surface area contributed by atoms with Crippen LogP contribution in [0.3, 0.4) is 0 Å². The van der Waals surface area contributed by atoms with Crippen molar-refractivity contribution < 1.29 is 8.81 Å². The number of nitrogens with one attached hydrogen (secondary N) is 1. The van der Waals surface area contributed by atoms with Crippen LogP contribution < -0.4 is 5.43 Å². The minimum Gasteiger partial charge on any atom is -0.422 e. The number of hydrogen-bond acceptors (Lipinski definition) is 5. The molecule has 0 aliphatic rings. The topological polar surface area (TPSA) is 74.2 Å². The van der Waals surface area contributed by atoms with Crippen molar-refractivity contribution in [2.45, 2.75) is 32.6 Å². The zero-order valence-corrected chi connectivity index (χ0v) is 12.5. The largest absolute Gasteiger partial charge is 0.422 e. The van der Waals surface area contributed by atoms with Gasteiger partial charge in [0, 0.05) is 5.92 Å². The number of aromatic nitrogens is 1. The lowest BCUT2D eigenvalue weighted by molar-refractivity contribution is 0.439. The van der Waals surface area contributed by atoms with Gasteiger partial charge in [0.15, 0.2) is 0 Å². The lowest BCUT2D eigenvalue weighted by Crippen LogP contribution is -1.95. The van der Waals surface area contributed by atoms with E-state index in [-0.39, 0.29) is 23.3 Å². The van der Waals surface area contributed by atoms with Crippen molar-refractivity contribution in [1.82, 2.24) is 4.98 Å². The molecule has 1 heterocycles. The summed E-state index contributed by atoms with van der Waals surface area (Å²) in [6.07, 6.45) is 3.21. The summed E-state index contributed by atoms with van der Waals surface area (Å²) >= 11 is 0. The molecule has 0 saturated heterocycles. The fraction of sp³-hybridized carbons (Fsp3) is 0.312. The molecule has 2 aromatic rings. The van der Waals surface area contributed by atoms with E-state index in [2.05, 4.69) is 15.5 Å². The normalized spacial score (nSPS) is 11.0. The highest BCUT2D eigenvalue weighted by atomic mass is 19.1. The fourth-order valence-electron chi connectivity index (χ4n) is 2.05. The number of oxazole rings is 1. The van der Waals surface area contributed by atoms with Crippen molar-refractivity contribution in [3.05, 3.63) is 47.2 Å². The Balaban J connectivity index is 2.14. The first kappa shape index (κ1) is 15.7. The van der Waals surface area contributed by atoms with Gasteiger partial charge in [-0.25, -0.2) is 14.8 Å². The van der Waals surface area contributed by atoms with Gasteiger partial charge in [-0.15, -0.1) is 0 Å². The molecule has 22 heavy (non-hydrogen) atoms. The van der Waals surface area contributed by atoms with E-state index >= 15 is 0 Å². The SMILES string of the molecule is CCC(CC)c1nc(C#N)c(NN=Cc2cccc(F)c2)o1. The maximum atomic E-state index is 13.1. The maximum absolute atomic E-state index is 13.1. The van der Waals surface area contributed by atoms with Crippen LogP contribution in [0, 0.1) is 17.1 Å². The summed E-state index contributed by atoms with van der Waals surface area (Å²) in [7, 11) is 0. The summed E-state index contributed by atoms with van der Waals surface area (Å²) < 4.78 is 18.6. The first-order chi connectivity index (χ1) is 10.7. The van der Waals surface area contributed by atoms with Crippen LogP contribution in [0.1, 0.15) is 49.8 Å². The molecule has 0 fully saturated rings. The van der Waals surface area contributed by atoms with Crippen LogP contribution >= 0.6 is 0 Å². The van der Waals surface area contributed by atoms with Crippen molar-refractivity contribution in [3.63, 3.8) is 0 Å². The first-order valence-corrected chi connectivity index (χ1v) is 7.13. The average Bonchev–Trinajstić information content (AvgIpc) is 2.92. The predicted molar refractivity (Wildman–Crippen MR) is 82.2 cm³/mol. The molecular formula is C16H17FN4O. The van der Waals surface area contributed by atoms with Crippen LogP contribution in [-0.4, -0.2) is 11.2 Å². The van der Waals surface area contributed by atoms with Crippen molar-refractivity contribution in [2.75, 3.05) is 5.43 Å². The van der Waals surface area contributed by atoms with Gasteiger partial charge >= 0.3 is 0 Å². The molecule has 0 atom stereocenters. The molecule has 0 unspecified atom stereocenters. The number of halogens is 1. The first-order valence-electron chi connectivity index (χ1n) is 7.13. The van der Waals surface area contributed by atoms with Crippen LogP contribution in [0.15, 0.2) is 33.8 Å². The molecule has 1 aromatic carbocycles. The van der Waals surface area contributed by atoms with Crippen molar-refractivity contribution in [2.24, 2.45) is 5.10 Å². The van der Waals surface area contributed by atoms with E-state index in [0.717, 1.165) is 12.8 Å². The van der Waals surface area contributed by atoms with Gasteiger partial charge in [-0.2, -0.15) is 10.4 Å². The Labute approximate surface area is 128 Å². The van der Waals surface area contributed by atoms with Gasteiger partial charge < -0.3 is 4.42 Å². The molecule has 0 bridgehead atoms. The summed E-state index contributed by atoms with van der Waals surface area (Å²) in [6, 6.07) is 8.00. The highest BCUT2D eigenvalue weighted by Gasteiger charge is 2.18. The third-order valence-corrected chi connectivity index (χ3v) is 3.31. The summed E-state index contributed by atoms with van der Waals surface area (Å²) in [4.78, 5) is 4.19. The van der Waals surface area contributed by atoms with E-state index in [1.54, 1.807) is 12.1 Å². The number of anilines is 1. The molecule has 1 N–H and O–H groups in total. The minimum atomic E-state index is -0.336. The van der Waals surface area contributed by atoms with Crippen molar-refractivity contribution >= 4 is 12.1 Å². The van der Waals surface area contributed by atoms with Gasteiger partial charge in [-0.05, 0) is 30.5 Å². The van der Waals surface area contributed by atoms with Crippen molar-refractivity contribution in [1.29, 1.82) is 5.26 Å². The molecule has 0 spiro atoms. The Kier molecular flexibility index (Phi) is 5.26. The van der Waals surface area contributed by atoms with Crippen LogP contribution in [0.5, 0.6) is 0 Å². The quantitative estimate of drug-likeness (QED) is 0.645. The summed E-state index contributed by atoms with van der Waals surface area (Å²) in [5, 5.41) is 13.1. The van der Waals surface area contributed by atoms with Gasteiger partial charge in [0.05, 0.1) is 6.21 Å². The number of nitriles is 1. The molecule has 5 nitrogen and oxygen atoms in total. The van der Waals surface area contributed by atoms with Crippen LogP contribution in [0.2, 0.25) is 0 Å². The highest BCUT2D eigenvalue weighted by Crippen LogP contribution is 2.27. The van der Waals surface area contributed by atoms with Crippen molar-refractivity contribution in [3.8, 4) is 6.07 Å². The molecule has 0 aliphatic heterocycles. The summed E-state index contributed by atoms with van der Waals surface area (Å²) in [5.41, 5.74) is 3.42. The molecule has 0 aliphatic carbocycles. The highest BCUT2D eigenvalue weighted by molar-refractivity contribution is 5.80. The maximum Gasteiger partial charge on any atom is 0.252 e. The van der Waals surface area contributed by atoms with Crippen LogP contribution in [-0.2, 0) is 0 Å². The second-order valence-electron chi connectivity index (χ2n) is 4.78. The Bertz CT molecular complexity index is 698. The third kappa shape index (κ3) is 3.70. The number of rotatable bonds is 6. The minimum absolute atomic E-state index is 0.165. The van der Waals surface area contributed by atoms with E-state index in [9.17, 15) is 4.39 Å². The number of nitrogens with zero attached hydrogens (tertiary/aromatic N) is 3. The van der Waals surface area contributed by atoms with Gasteiger partial charge in [-0.3, -0.25) is 0 Å². The Morgan fingerprint density at radius 1 is 1.45 bits per heavy atom. The van der Waals surface area contributed by atoms with E-state index in [4.69, 9.17) is 9.68 Å². The molecule has 0 saturated carbocycles. The van der Waals surface area contributed by atoms with Gasteiger partial charge in [0.2, 0.25) is 11.6 Å². The van der Waals surface area contributed by atoms with E-state index in [1.165, 1.54) is 18.3 Å². The Hall–Kier alpha value is -2.68. The fourth-order valence-corrected chi connectivity index (χ4v) is 2.05. The predicted octanol–water partition coefficient (Wildman–Crippen LogP) is 4.03. The third-order valence-electron chi connectivity index (χ3n) is 3.31. The average molecular weight is 300 g/mol. The molecule has 1 aromatic heterocycles. The van der Waals surface area contributed by atoms with Gasteiger partial charge in [0.25, 0.3) is 5.88 Å². The lowest BCUT2D eigenvalue weighted by atomic mass is 10.0. The molecule has 0 radical (unpaired) electrons. The smallest absolute Gasteiger partial charge is 0.252 e.